The van der Waals surface area contributed by atoms with E-state index in [4.69, 9.17) is 9.84 Å². The second-order valence-electron chi connectivity index (χ2n) is 5.46. The Labute approximate surface area is 117 Å². The first kappa shape index (κ1) is 15.8. The Hall–Kier alpha value is -2.24. The second kappa shape index (κ2) is 5.81. The smallest absolute Gasteiger partial charge is 0.412 e. The standard InChI is InChI=1S/C14H19NO5/c1-8(12(17)18)9-5-6-10(11(16)7-9)15-13(19)20-14(2,3)4/h5-8,16H,1-4H3,(H,15,19)(H,17,18). The molecule has 0 aliphatic carbocycles. The van der Waals surface area contributed by atoms with Crippen LogP contribution >= 0.6 is 0 Å². The van der Waals surface area contributed by atoms with E-state index in [-0.39, 0.29) is 11.4 Å². The van der Waals surface area contributed by atoms with Crippen LogP contribution in [0.5, 0.6) is 5.75 Å². The highest BCUT2D eigenvalue weighted by Gasteiger charge is 2.19. The Kier molecular flexibility index (Phi) is 4.60. The van der Waals surface area contributed by atoms with Gasteiger partial charge < -0.3 is 14.9 Å². The summed E-state index contributed by atoms with van der Waals surface area (Å²) in [6.07, 6.45) is -0.688. The van der Waals surface area contributed by atoms with Crippen LogP contribution in [0, 0.1) is 0 Å². The molecule has 6 nitrogen and oxygen atoms in total. The number of carbonyl (C=O) groups excluding carboxylic acids is 1. The molecule has 0 spiro atoms. The average Bonchev–Trinajstić information content (AvgIpc) is 2.28. The highest BCUT2D eigenvalue weighted by molar-refractivity contribution is 5.87. The minimum absolute atomic E-state index is 0.167. The van der Waals surface area contributed by atoms with Gasteiger partial charge in [0, 0.05) is 0 Å². The molecule has 0 saturated carbocycles. The van der Waals surface area contributed by atoms with Crippen molar-refractivity contribution in [3.05, 3.63) is 23.8 Å². The summed E-state index contributed by atoms with van der Waals surface area (Å²) in [6.45, 7) is 6.69. The molecule has 1 rings (SSSR count). The SMILES string of the molecule is CC(C(=O)O)c1ccc(NC(=O)OC(C)(C)C)c(O)c1. The average molecular weight is 281 g/mol. The van der Waals surface area contributed by atoms with Gasteiger partial charge in [-0.1, -0.05) is 6.07 Å². The molecule has 0 heterocycles. The highest BCUT2D eigenvalue weighted by atomic mass is 16.6. The lowest BCUT2D eigenvalue weighted by molar-refractivity contribution is -0.138. The lowest BCUT2D eigenvalue weighted by Gasteiger charge is -2.20. The van der Waals surface area contributed by atoms with Crippen LogP contribution in [-0.2, 0) is 9.53 Å². The second-order valence-corrected chi connectivity index (χ2v) is 5.46. The fraction of sp³-hybridized carbons (Fsp3) is 0.429. The predicted octanol–water partition coefficient (Wildman–Crippen LogP) is 2.93. The van der Waals surface area contributed by atoms with Crippen molar-refractivity contribution in [3.63, 3.8) is 0 Å². The van der Waals surface area contributed by atoms with E-state index in [1.807, 2.05) is 0 Å². The number of rotatable bonds is 3. The van der Waals surface area contributed by atoms with Crippen LogP contribution < -0.4 is 5.32 Å². The van der Waals surface area contributed by atoms with E-state index in [1.165, 1.54) is 25.1 Å². The van der Waals surface area contributed by atoms with Crippen LogP contribution in [0.2, 0.25) is 0 Å². The number of carboxylic acids is 1. The number of nitrogens with one attached hydrogen (secondary N) is 1. The Morgan fingerprint density at radius 3 is 2.35 bits per heavy atom. The number of benzene rings is 1. The normalized spacial score (nSPS) is 12.6. The topological polar surface area (TPSA) is 95.9 Å². The summed E-state index contributed by atoms with van der Waals surface area (Å²) in [5, 5.41) is 21.1. The number of hydrogen-bond donors (Lipinski definition) is 3. The summed E-state index contributed by atoms with van der Waals surface area (Å²) < 4.78 is 5.06. The molecule has 0 bridgehead atoms. The maximum absolute atomic E-state index is 11.6. The Bertz CT molecular complexity index is 519. The Morgan fingerprint density at radius 2 is 1.90 bits per heavy atom. The summed E-state index contributed by atoms with van der Waals surface area (Å²) in [7, 11) is 0. The summed E-state index contributed by atoms with van der Waals surface area (Å²) >= 11 is 0. The number of aliphatic carboxylic acids is 1. The lowest BCUT2D eigenvalue weighted by Crippen LogP contribution is -2.27. The van der Waals surface area contributed by atoms with Crippen molar-refractivity contribution in [2.45, 2.75) is 39.2 Å². The van der Waals surface area contributed by atoms with E-state index in [9.17, 15) is 14.7 Å². The number of anilines is 1. The zero-order chi connectivity index (χ0) is 15.5. The van der Waals surface area contributed by atoms with Crippen LogP contribution in [-0.4, -0.2) is 27.9 Å². The number of aromatic hydroxyl groups is 1. The van der Waals surface area contributed by atoms with Crippen LogP contribution in [0.15, 0.2) is 18.2 Å². The third-order valence-electron chi connectivity index (χ3n) is 2.53. The van der Waals surface area contributed by atoms with E-state index in [0.29, 0.717) is 5.56 Å². The van der Waals surface area contributed by atoms with Gasteiger partial charge in [-0.3, -0.25) is 10.1 Å². The highest BCUT2D eigenvalue weighted by Crippen LogP contribution is 2.28. The van der Waals surface area contributed by atoms with E-state index in [1.54, 1.807) is 20.8 Å². The molecule has 0 aliphatic heterocycles. The van der Waals surface area contributed by atoms with Gasteiger partial charge in [0.15, 0.2) is 0 Å². The number of ether oxygens (including phenoxy) is 1. The van der Waals surface area contributed by atoms with Crippen LogP contribution in [0.3, 0.4) is 0 Å². The molecule has 0 saturated heterocycles. The molecule has 1 atom stereocenters. The minimum Gasteiger partial charge on any atom is -0.506 e. The summed E-state index contributed by atoms with van der Waals surface area (Å²) in [5.41, 5.74) is -0.0254. The van der Waals surface area contributed by atoms with Crippen molar-refractivity contribution in [1.82, 2.24) is 0 Å². The van der Waals surface area contributed by atoms with Gasteiger partial charge in [0.1, 0.15) is 11.4 Å². The van der Waals surface area contributed by atoms with Gasteiger partial charge in [0.05, 0.1) is 11.6 Å². The molecule has 1 amide bonds. The molecule has 1 aromatic rings. The van der Waals surface area contributed by atoms with Crippen molar-refractivity contribution in [2.24, 2.45) is 0 Å². The molecule has 3 N–H and O–H groups in total. The van der Waals surface area contributed by atoms with Crippen LogP contribution in [0.25, 0.3) is 0 Å². The molecule has 0 radical (unpaired) electrons. The summed E-state index contributed by atoms with van der Waals surface area (Å²) in [5.74, 6) is -1.94. The molecule has 20 heavy (non-hydrogen) atoms. The van der Waals surface area contributed by atoms with E-state index in [0.717, 1.165) is 0 Å². The third kappa shape index (κ3) is 4.46. The number of carbonyl (C=O) groups is 2. The van der Waals surface area contributed by atoms with Crippen molar-refractivity contribution < 1.29 is 24.5 Å². The van der Waals surface area contributed by atoms with Crippen LogP contribution in [0.4, 0.5) is 10.5 Å². The van der Waals surface area contributed by atoms with Gasteiger partial charge in [-0.25, -0.2) is 4.79 Å². The number of carboxylic acid groups (broad SMARTS) is 1. The first-order valence-corrected chi connectivity index (χ1v) is 6.16. The van der Waals surface area contributed by atoms with Gasteiger partial charge in [-0.05, 0) is 45.4 Å². The van der Waals surface area contributed by atoms with Gasteiger partial charge in [-0.2, -0.15) is 0 Å². The fourth-order valence-electron chi connectivity index (χ4n) is 1.48. The molecule has 0 aliphatic rings. The summed E-state index contributed by atoms with van der Waals surface area (Å²) in [6, 6.07) is 4.28. The Balaban J connectivity index is 2.84. The Morgan fingerprint density at radius 1 is 1.30 bits per heavy atom. The quantitative estimate of drug-likeness (QED) is 0.740. The zero-order valence-corrected chi connectivity index (χ0v) is 11.9. The van der Waals surface area contributed by atoms with E-state index < -0.39 is 23.6 Å². The van der Waals surface area contributed by atoms with Crippen molar-refractivity contribution in [1.29, 1.82) is 0 Å². The molecule has 110 valence electrons. The molecular weight excluding hydrogens is 262 g/mol. The first-order valence-electron chi connectivity index (χ1n) is 6.16. The number of phenolic OH excluding ortho intramolecular Hbond substituents is 1. The van der Waals surface area contributed by atoms with Crippen molar-refractivity contribution >= 4 is 17.7 Å². The van der Waals surface area contributed by atoms with Crippen LogP contribution in [0.1, 0.15) is 39.2 Å². The number of amides is 1. The summed E-state index contributed by atoms with van der Waals surface area (Å²) in [4.78, 5) is 22.4. The molecule has 0 fully saturated rings. The lowest BCUT2D eigenvalue weighted by atomic mass is 10.0. The first-order chi connectivity index (χ1) is 9.10. The largest absolute Gasteiger partial charge is 0.506 e. The monoisotopic (exact) mass is 281 g/mol. The van der Waals surface area contributed by atoms with Gasteiger partial charge >= 0.3 is 12.1 Å². The minimum atomic E-state index is -0.989. The van der Waals surface area contributed by atoms with Gasteiger partial charge in [0.2, 0.25) is 0 Å². The third-order valence-corrected chi connectivity index (χ3v) is 2.53. The predicted molar refractivity (Wildman–Crippen MR) is 74.0 cm³/mol. The molecule has 0 aromatic heterocycles. The van der Waals surface area contributed by atoms with Crippen molar-refractivity contribution in [2.75, 3.05) is 5.32 Å². The number of hydrogen-bond acceptors (Lipinski definition) is 4. The molecule has 6 heteroatoms. The van der Waals surface area contributed by atoms with Crippen molar-refractivity contribution in [3.8, 4) is 5.75 Å². The molecular formula is C14H19NO5. The van der Waals surface area contributed by atoms with E-state index in [2.05, 4.69) is 5.32 Å². The molecule has 1 aromatic carbocycles. The van der Waals surface area contributed by atoms with E-state index >= 15 is 0 Å². The van der Waals surface area contributed by atoms with Gasteiger partial charge in [-0.15, -0.1) is 0 Å². The maximum atomic E-state index is 11.6. The zero-order valence-electron chi connectivity index (χ0n) is 11.9. The fourth-order valence-corrected chi connectivity index (χ4v) is 1.48. The number of phenols is 1. The maximum Gasteiger partial charge on any atom is 0.412 e. The molecule has 1 unspecified atom stereocenters. The van der Waals surface area contributed by atoms with Gasteiger partial charge in [0.25, 0.3) is 0 Å².